The highest BCUT2D eigenvalue weighted by atomic mass is 16.2. The van der Waals surface area contributed by atoms with Crippen LogP contribution in [0.25, 0.3) is 16.7 Å². The Bertz CT molecular complexity index is 1020. The van der Waals surface area contributed by atoms with Crippen LogP contribution in [0.15, 0.2) is 40.1 Å². The minimum Gasteiger partial charge on any atom is -0.353 e. The van der Waals surface area contributed by atoms with Gasteiger partial charge in [0.25, 0.3) is 5.56 Å². The zero-order valence-corrected chi connectivity index (χ0v) is 15.1. The van der Waals surface area contributed by atoms with Gasteiger partial charge in [0.2, 0.25) is 5.95 Å². The van der Waals surface area contributed by atoms with Gasteiger partial charge < -0.3 is 10.2 Å². The topological polar surface area (TPSA) is 95.9 Å². The summed E-state index contributed by atoms with van der Waals surface area (Å²) in [7, 11) is 3.94. The fraction of sp³-hybridized carbons (Fsp3) is 0.333. The molecule has 8 heteroatoms. The van der Waals surface area contributed by atoms with Crippen LogP contribution in [0.1, 0.15) is 12.5 Å². The van der Waals surface area contributed by atoms with E-state index < -0.39 is 11.2 Å². The van der Waals surface area contributed by atoms with Gasteiger partial charge in [-0.15, -0.1) is 0 Å². The molecule has 26 heavy (non-hydrogen) atoms. The number of hydrogen-bond acceptors (Lipinski definition) is 6. The van der Waals surface area contributed by atoms with E-state index in [0.717, 1.165) is 23.1 Å². The molecule has 0 aliphatic rings. The number of hydrogen-bond donors (Lipinski definition) is 2. The van der Waals surface area contributed by atoms with E-state index >= 15 is 0 Å². The van der Waals surface area contributed by atoms with Crippen LogP contribution >= 0.6 is 0 Å². The van der Waals surface area contributed by atoms with Crippen LogP contribution in [0, 0.1) is 0 Å². The number of aromatic nitrogens is 4. The molecular weight excluding hydrogens is 332 g/mol. The van der Waals surface area contributed by atoms with Gasteiger partial charge in [0.1, 0.15) is 5.39 Å². The van der Waals surface area contributed by atoms with Crippen molar-refractivity contribution in [3.8, 4) is 5.69 Å². The summed E-state index contributed by atoms with van der Waals surface area (Å²) < 4.78 is 1.10. The first-order valence-electron chi connectivity index (χ1n) is 8.49. The molecule has 2 N–H and O–H groups in total. The van der Waals surface area contributed by atoms with Gasteiger partial charge in [0.15, 0.2) is 5.65 Å². The SMILES string of the molecule is CCc1ccc(-n2c(=O)[nH]c3nc(NCCN(C)C)ncc3c2=O)cc1. The number of aromatic amines is 1. The Hall–Kier alpha value is -3.00. The van der Waals surface area contributed by atoms with E-state index in [1.807, 2.05) is 38.1 Å². The highest BCUT2D eigenvalue weighted by Crippen LogP contribution is 2.09. The molecule has 0 spiro atoms. The van der Waals surface area contributed by atoms with Crippen molar-refractivity contribution in [2.75, 3.05) is 32.5 Å². The minimum absolute atomic E-state index is 0.226. The normalized spacial score (nSPS) is 11.2. The summed E-state index contributed by atoms with van der Waals surface area (Å²) in [5.41, 5.74) is 0.917. The van der Waals surface area contributed by atoms with Crippen LogP contribution in [-0.2, 0) is 6.42 Å². The first-order chi connectivity index (χ1) is 12.5. The molecule has 1 aromatic carbocycles. The van der Waals surface area contributed by atoms with E-state index in [4.69, 9.17) is 0 Å². The molecule has 3 aromatic rings. The summed E-state index contributed by atoms with van der Waals surface area (Å²) in [6.07, 6.45) is 2.33. The Morgan fingerprint density at radius 1 is 1.19 bits per heavy atom. The number of likely N-dealkylation sites (N-methyl/N-ethyl adjacent to an activating group) is 1. The Morgan fingerprint density at radius 3 is 2.58 bits per heavy atom. The van der Waals surface area contributed by atoms with Gasteiger partial charge in [-0.3, -0.25) is 9.78 Å². The third-order valence-corrected chi connectivity index (χ3v) is 4.10. The van der Waals surface area contributed by atoms with Crippen LogP contribution in [0.3, 0.4) is 0 Å². The van der Waals surface area contributed by atoms with Gasteiger partial charge in [-0.05, 0) is 38.2 Å². The standard InChI is InChI=1S/C18H22N6O2/c1-4-12-5-7-13(8-6-12)24-16(25)14-11-20-17(19-9-10-23(2)3)21-15(14)22-18(24)26/h5-8,11H,4,9-10H2,1-3H3,(H2,19,20,21,22,26). The molecule has 0 saturated carbocycles. The molecule has 136 valence electrons. The van der Waals surface area contributed by atoms with E-state index in [-0.39, 0.29) is 11.0 Å². The van der Waals surface area contributed by atoms with E-state index in [9.17, 15) is 9.59 Å². The monoisotopic (exact) mass is 354 g/mol. The molecule has 0 atom stereocenters. The number of nitrogens with one attached hydrogen (secondary N) is 2. The third-order valence-electron chi connectivity index (χ3n) is 4.10. The lowest BCUT2D eigenvalue weighted by atomic mass is 10.1. The molecule has 0 unspecified atom stereocenters. The maximum Gasteiger partial charge on any atom is 0.334 e. The summed E-state index contributed by atoms with van der Waals surface area (Å²) in [4.78, 5) is 38.3. The molecule has 0 radical (unpaired) electrons. The Kier molecular flexibility index (Phi) is 5.13. The summed E-state index contributed by atoms with van der Waals surface area (Å²) in [5, 5.41) is 3.34. The quantitative estimate of drug-likeness (QED) is 0.686. The van der Waals surface area contributed by atoms with Crippen molar-refractivity contribution in [1.29, 1.82) is 0 Å². The predicted molar refractivity (Wildman–Crippen MR) is 102 cm³/mol. The zero-order chi connectivity index (χ0) is 18.7. The summed E-state index contributed by atoms with van der Waals surface area (Å²) in [6, 6.07) is 7.33. The van der Waals surface area contributed by atoms with Gasteiger partial charge in [0, 0.05) is 19.3 Å². The number of anilines is 1. The number of nitrogens with zero attached hydrogens (tertiary/aromatic N) is 4. The molecule has 0 aliphatic carbocycles. The molecule has 0 aliphatic heterocycles. The molecule has 8 nitrogen and oxygen atoms in total. The van der Waals surface area contributed by atoms with Crippen molar-refractivity contribution in [2.45, 2.75) is 13.3 Å². The van der Waals surface area contributed by atoms with Gasteiger partial charge in [0.05, 0.1) is 5.69 Å². The van der Waals surface area contributed by atoms with Gasteiger partial charge in [-0.1, -0.05) is 19.1 Å². The predicted octanol–water partition coefficient (Wildman–Crippen LogP) is 1.00. The first-order valence-corrected chi connectivity index (χ1v) is 8.49. The lowest BCUT2D eigenvalue weighted by Gasteiger charge is -2.11. The molecular formula is C18H22N6O2. The fourth-order valence-corrected chi connectivity index (χ4v) is 2.60. The van der Waals surface area contributed by atoms with Gasteiger partial charge in [-0.2, -0.15) is 4.98 Å². The van der Waals surface area contributed by atoms with Crippen LogP contribution in [0.2, 0.25) is 0 Å². The van der Waals surface area contributed by atoms with E-state index in [1.165, 1.54) is 6.20 Å². The number of H-pyrrole nitrogens is 1. The molecule has 2 heterocycles. The maximum atomic E-state index is 12.8. The molecule has 2 aromatic heterocycles. The van der Waals surface area contributed by atoms with Crippen molar-refractivity contribution in [2.24, 2.45) is 0 Å². The summed E-state index contributed by atoms with van der Waals surface area (Å²) >= 11 is 0. The van der Waals surface area contributed by atoms with E-state index in [2.05, 4.69) is 20.3 Å². The van der Waals surface area contributed by atoms with Crippen LogP contribution in [-0.4, -0.2) is 51.6 Å². The first kappa shape index (κ1) is 17.8. The number of benzene rings is 1. The van der Waals surface area contributed by atoms with Crippen molar-refractivity contribution < 1.29 is 0 Å². The van der Waals surface area contributed by atoms with Crippen molar-refractivity contribution in [3.63, 3.8) is 0 Å². The van der Waals surface area contributed by atoms with Crippen molar-refractivity contribution in [3.05, 3.63) is 56.9 Å². The second-order valence-electron chi connectivity index (χ2n) is 6.28. The van der Waals surface area contributed by atoms with Crippen LogP contribution in [0.5, 0.6) is 0 Å². The number of fused-ring (bicyclic) bond motifs is 1. The average molecular weight is 354 g/mol. The van der Waals surface area contributed by atoms with Crippen LogP contribution in [0.4, 0.5) is 5.95 Å². The molecule has 0 amide bonds. The lowest BCUT2D eigenvalue weighted by Crippen LogP contribution is -2.34. The summed E-state index contributed by atoms with van der Waals surface area (Å²) in [5.74, 6) is 0.374. The molecule has 3 rings (SSSR count). The Balaban J connectivity index is 1.99. The van der Waals surface area contributed by atoms with E-state index in [1.54, 1.807) is 12.1 Å². The maximum absolute atomic E-state index is 12.8. The zero-order valence-electron chi connectivity index (χ0n) is 15.1. The Morgan fingerprint density at radius 2 is 1.92 bits per heavy atom. The largest absolute Gasteiger partial charge is 0.353 e. The lowest BCUT2D eigenvalue weighted by molar-refractivity contribution is 0.425. The highest BCUT2D eigenvalue weighted by Gasteiger charge is 2.11. The van der Waals surface area contributed by atoms with Gasteiger partial charge >= 0.3 is 5.69 Å². The summed E-state index contributed by atoms with van der Waals surface area (Å²) in [6.45, 7) is 3.52. The average Bonchev–Trinajstić information content (AvgIpc) is 2.61. The highest BCUT2D eigenvalue weighted by molar-refractivity contribution is 5.73. The van der Waals surface area contributed by atoms with E-state index in [0.29, 0.717) is 18.2 Å². The minimum atomic E-state index is -0.523. The molecule has 0 bridgehead atoms. The molecule has 0 fully saturated rings. The smallest absolute Gasteiger partial charge is 0.334 e. The third kappa shape index (κ3) is 3.65. The Labute approximate surface area is 150 Å². The second-order valence-corrected chi connectivity index (χ2v) is 6.28. The second kappa shape index (κ2) is 7.49. The number of rotatable bonds is 6. The van der Waals surface area contributed by atoms with Crippen molar-refractivity contribution >= 4 is 17.0 Å². The number of aryl methyl sites for hydroxylation is 1. The van der Waals surface area contributed by atoms with Crippen LogP contribution < -0.4 is 16.6 Å². The van der Waals surface area contributed by atoms with Gasteiger partial charge in [-0.25, -0.2) is 14.3 Å². The fourth-order valence-electron chi connectivity index (χ4n) is 2.60. The molecule has 0 saturated heterocycles. The van der Waals surface area contributed by atoms with Crippen molar-refractivity contribution in [1.82, 2.24) is 24.4 Å².